The summed E-state index contributed by atoms with van der Waals surface area (Å²) in [5, 5.41) is 0. The quantitative estimate of drug-likeness (QED) is 0.732. The van der Waals surface area contributed by atoms with Crippen LogP contribution in [0.3, 0.4) is 0 Å². The van der Waals surface area contributed by atoms with Crippen molar-refractivity contribution >= 4 is 17.6 Å². The molecule has 0 radical (unpaired) electrons. The molecule has 2 aromatic rings. The molecular formula is C21H21NO4. The van der Waals surface area contributed by atoms with Crippen molar-refractivity contribution in [3.8, 4) is 5.75 Å². The normalized spacial score (nSPS) is 16.3. The molecule has 2 aromatic carbocycles. The number of nitrogens with zero attached hydrogens (tertiary/aromatic N) is 1. The summed E-state index contributed by atoms with van der Waals surface area (Å²) in [6.45, 7) is 6.66. The second-order valence-electron chi connectivity index (χ2n) is 6.03. The monoisotopic (exact) mass is 351 g/mol. The van der Waals surface area contributed by atoms with E-state index in [1.54, 1.807) is 18.2 Å². The minimum absolute atomic E-state index is 0.140. The molecular weight excluding hydrogens is 330 g/mol. The van der Waals surface area contributed by atoms with Gasteiger partial charge in [0.25, 0.3) is 5.91 Å². The lowest BCUT2D eigenvalue weighted by atomic mass is 10.0. The highest BCUT2D eigenvalue weighted by Crippen LogP contribution is 2.31. The molecule has 0 N–H and O–H groups in total. The van der Waals surface area contributed by atoms with Crippen LogP contribution in [0.2, 0.25) is 0 Å². The fraction of sp³-hybridized carbons (Fsp3) is 0.238. The molecule has 1 fully saturated rings. The summed E-state index contributed by atoms with van der Waals surface area (Å²) in [5.74, 6) is 0.205. The Labute approximate surface area is 152 Å². The summed E-state index contributed by atoms with van der Waals surface area (Å²) in [6, 6.07) is 16.1. The van der Waals surface area contributed by atoms with Crippen molar-refractivity contribution in [2.24, 2.45) is 0 Å². The van der Waals surface area contributed by atoms with Gasteiger partial charge in [0.2, 0.25) is 0 Å². The van der Waals surface area contributed by atoms with Gasteiger partial charge in [-0.15, -0.1) is 0 Å². The molecule has 0 aliphatic carbocycles. The molecule has 1 saturated heterocycles. The molecule has 0 unspecified atom stereocenters. The molecule has 2 amide bonds. The Morgan fingerprint density at radius 2 is 2.00 bits per heavy atom. The van der Waals surface area contributed by atoms with Crippen LogP contribution in [0.25, 0.3) is 5.57 Å². The molecule has 0 bridgehead atoms. The van der Waals surface area contributed by atoms with E-state index in [9.17, 15) is 9.59 Å². The highest BCUT2D eigenvalue weighted by molar-refractivity contribution is 6.22. The van der Waals surface area contributed by atoms with Gasteiger partial charge in [-0.2, -0.15) is 0 Å². The topological polar surface area (TPSA) is 55.8 Å². The van der Waals surface area contributed by atoms with Gasteiger partial charge in [0.1, 0.15) is 18.4 Å². The zero-order valence-corrected chi connectivity index (χ0v) is 14.7. The number of rotatable bonds is 6. The van der Waals surface area contributed by atoms with E-state index in [-0.39, 0.29) is 12.2 Å². The second kappa shape index (κ2) is 7.87. The average Bonchev–Trinajstić information content (AvgIpc) is 3.07. The third-order valence-corrected chi connectivity index (χ3v) is 4.19. The number of carbonyl (C=O) groups is 2. The zero-order valence-electron chi connectivity index (χ0n) is 14.7. The first kappa shape index (κ1) is 17.7. The molecule has 0 aromatic heterocycles. The van der Waals surface area contributed by atoms with Crippen LogP contribution in [0.4, 0.5) is 4.79 Å². The Morgan fingerprint density at radius 1 is 1.23 bits per heavy atom. The fourth-order valence-electron chi connectivity index (χ4n) is 2.83. The molecule has 3 rings (SSSR count). The standard InChI is InChI=1S/C21H21NO4/c1-3-12-25-18-11-7-10-17(13-18)15(2)20(23)22-19(14-26-21(22)24)16-8-5-4-6-9-16/h4-11,13,19H,2-3,12,14H2,1H3/t19-/m1/s1. The smallest absolute Gasteiger partial charge is 0.417 e. The number of hydrogen-bond acceptors (Lipinski definition) is 4. The fourth-order valence-corrected chi connectivity index (χ4v) is 2.83. The third-order valence-electron chi connectivity index (χ3n) is 4.19. The Balaban J connectivity index is 1.83. The van der Waals surface area contributed by atoms with Crippen molar-refractivity contribution in [3.05, 3.63) is 72.3 Å². The predicted molar refractivity (Wildman–Crippen MR) is 98.6 cm³/mol. The predicted octanol–water partition coefficient (Wildman–Crippen LogP) is 4.21. The molecule has 0 saturated carbocycles. The number of ether oxygens (including phenoxy) is 2. The Hall–Kier alpha value is -3.08. The van der Waals surface area contributed by atoms with Crippen LogP contribution in [-0.4, -0.2) is 30.1 Å². The van der Waals surface area contributed by atoms with Crippen molar-refractivity contribution in [3.63, 3.8) is 0 Å². The first-order valence-electron chi connectivity index (χ1n) is 8.59. The van der Waals surface area contributed by atoms with Crippen LogP contribution in [-0.2, 0) is 9.53 Å². The van der Waals surface area contributed by atoms with E-state index in [4.69, 9.17) is 9.47 Å². The van der Waals surface area contributed by atoms with Gasteiger partial charge < -0.3 is 9.47 Å². The average molecular weight is 351 g/mol. The van der Waals surface area contributed by atoms with E-state index in [1.807, 2.05) is 43.3 Å². The number of carbonyl (C=O) groups excluding carboxylic acids is 2. The van der Waals surface area contributed by atoms with Gasteiger partial charge in [0, 0.05) is 5.57 Å². The first-order chi connectivity index (χ1) is 12.6. The van der Waals surface area contributed by atoms with E-state index in [0.29, 0.717) is 17.9 Å². The van der Waals surface area contributed by atoms with E-state index in [0.717, 1.165) is 16.9 Å². The summed E-state index contributed by atoms with van der Waals surface area (Å²) >= 11 is 0. The van der Waals surface area contributed by atoms with Gasteiger partial charge >= 0.3 is 6.09 Å². The maximum atomic E-state index is 12.9. The summed E-state index contributed by atoms with van der Waals surface area (Å²) in [4.78, 5) is 26.2. The minimum Gasteiger partial charge on any atom is -0.494 e. The molecule has 5 nitrogen and oxygen atoms in total. The lowest BCUT2D eigenvalue weighted by molar-refractivity contribution is -0.123. The van der Waals surface area contributed by atoms with Crippen LogP contribution >= 0.6 is 0 Å². The van der Waals surface area contributed by atoms with Crippen LogP contribution in [0, 0.1) is 0 Å². The van der Waals surface area contributed by atoms with Crippen LogP contribution < -0.4 is 4.74 Å². The Morgan fingerprint density at radius 3 is 2.73 bits per heavy atom. The molecule has 134 valence electrons. The molecule has 5 heteroatoms. The summed E-state index contributed by atoms with van der Waals surface area (Å²) in [5.41, 5.74) is 1.70. The number of benzene rings is 2. The Bertz CT molecular complexity index is 816. The highest BCUT2D eigenvalue weighted by Gasteiger charge is 2.39. The molecule has 1 aliphatic rings. The van der Waals surface area contributed by atoms with Crippen LogP contribution in [0.1, 0.15) is 30.5 Å². The molecule has 1 aliphatic heterocycles. The van der Waals surface area contributed by atoms with E-state index >= 15 is 0 Å². The van der Waals surface area contributed by atoms with Crippen LogP contribution in [0.15, 0.2) is 61.2 Å². The lowest BCUT2D eigenvalue weighted by Crippen LogP contribution is -2.34. The summed E-state index contributed by atoms with van der Waals surface area (Å²) < 4.78 is 10.7. The van der Waals surface area contributed by atoms with Gasteiger partial charge in [-0.1, -0.05) is 56.0 Å². The highest BCUT2D eigenvalue weighted by atomic mass is 16.6. The largest absolute Gasteiger partial charge is 0.494 e. The van der Waals surface area contributed by atoms with Gasteiger partial charge in [-0.05, 0) is 29.7 Å². The van der Waals surface area contributed by atoms with Crippen LogP contribution in [0.5, 0.6) is 5.75 Å². The van der Waals surface area contributed by atoms with E-state index < -0.39 is 18.0 Å². The van der Waals surface area contributed by atoms with Crippen molar-refractivity contribution in [1.82, 2.24) is 4.90 Å². The molecule has 0 spiro atoms. The SMILES string of the molecule is C=C(C(=O)N1C(=O)OC[C@@H]1c1ccccc1)c1cccc(OCCC)c1. The van der Waals surface area contributed by atoms with Gasteiger partial charge in [-0.3, -0.25) is 4.79 Å². The van der Waals surface area contributed by atoms with Crippen molar-refractivity contribution in [2.45, 2.75) is 19.4 Å². The number of imide groups is 1. The third kappa shape index (κ3) is 3.61. The van der Waals surface area contributed by atoms with Gasteiger partial charge in [0.15, 0.2) is 0 Å². The van der Waals surface area contributed by atoms with Gasteiger partial charge in [0.05, 0.1) is 6.61 Å². The van der Waals surface area contributed by atoms with Crippen molar-refractivity contribution in [2.75, 3.05) is 13.2 Å². The maximum absolute atomic E-state index is 12.9. The van der Waals surface area contributed by atoms with Crippen molar-refractivity contribution in [1.29, 1.82) is 0 Å². The molecule has 1 heterocycles. The Kier molecular flexibility index (Phi) is 5.37. The van der Waals surface area contributed by atoms with Crippen molar-refractivity contribution < 1.29 is 19.1 Å². The first-order valence-corrected chi connectivity index (χ1v) is 8.59. The lowest BCUT2D eigenvalue weighted by Gasteiger charge is -2.21. The summed E-state index contributed by atoms with van der Waals surface area (Å²) in [7, 11) is 0. The zero-order chi connectivity index (χ0) is 18.5. The second-order valence-corrected chi connectivity index (χ2v) is 6.03. The molecule has 26 heavy (non-hydrogen) atoms. The minimum atomic E-state index is -0.650. The number of amides is 2. The summed E-state index contributed by atoms with van der Waals surface area (Å²) in [6.07, 6.45) is 0.242. The molecule has 1 atom stereocenters. The van der Waals surface area contributed by atoms with E-state index in [2.05, 4.69) is 6.58 Å². The maximum Gasteiger partial charge on any atom is 0.417 e. The van der Waals surface area contributed by atoms with E-state index in [1.165, 1.54) is 0 Å². The van der Waals surface area contributed by atoms with Gasteiger partial charge in [-0.25, -0.2) is 9.69 Å². The number of cyclic esters (lactones) is 1. The number of hydrogen-bond donors (Lipinski definition) is 0.